The Labute approximate surface area is 183 Å². The molecule has 31 heavy (non-hydrogen) atoms. The molecule has 1 saturated carbocycles. The highest BCUT2D eigenvalue weighted by molar-refractivity contribution is 5.95. The maximum Gasteiger partial charge on any atom is 0.310 e. The van der Waals surface area contributed by atoms with E-state index < -0.39 is 0 Å². The topological polar surface area (TPSA) is 94.2 Å². The van der Waals surface area contributed by atoms with Gasteiger partial charge in [0.05, 0.1) is 19.6 Å². The Balaban J connectivity index is 1.64. The third-order valence-corrected chi connectivity index (χ3v) is 5.90. The number of amides is 2. The van der Waals surface area contributed by atoms with Crippen molar-refractivity contribution >= 4 is 17.8 Å². The number of carbonyl (C=O) groups excluding carboxylic acids is 3. The summed E-state index contributed by atoms with van der Waals surface area (Å²) in [7, 11) is 1.36. The highest BCUT2D eigenvalue weighted by Gasteiger charge is 2.35. The maximum atomic E-state index is 12.8. The number of likely N-dealkylation sites (tertiary alicyclic amines) is 1. The van der Waals surface area contributed by atoms with Crippen molar-refractivity contribution in [2.24, 2.45) is 5.92 Å². The number of methoxy groups -OCH3 is 1. The third-order valence-electron chi connectivity index (χ3n) is 5.90. The fourth-order valence-electron chi connectivity index (χ4n) is 4.23. The second kappa shape index (κ2) is 11.0. The van der Waals surface area contributed by atoms with E-state index in [-0.39, 0.29) is 36.4 Å². The lowest BCUT2D eigenvalue weighted by Gasteiger charge is -2.26. The number of rotatable bonds is 8. The number of nitrogens with one attached hydrogen (secondary N) is 1. The highest BCUT2D eigenvalue weighted by Crippen LogP contribution is 2.30. The quantitative estimate of drug-likeness (QED) is 0.635. The van der Waals surface area contributed by atoms with Crippen LogP contribution in [0.3, 0.4) is 0 Å². The summed E-state index contributed by atoms with van der Waals surface area (Å²) in [6.07, 6.45) is 5.52. The molecule has 8 nitrogen and oxygen atoms in total. The van der Waals surface area contributed by atoms with Gasteiger partial charge in [0.25, 0.3) is 11.8 Å². The molecule has 0 spiro atoms. The molecule has 2 amide bonds. The van der Waals surface area contributed by atoms with Gasteiger partial charge in [-0.15, -0.1) is 0 Å². The Bertz CT molecular complexity index is 790. The van der Waals surface area contributed by atoms with Crippen LogP contribution in [0.2, 0.25) is 0 Å². The molecule has 0 bridgehead atoms. The van der Waals surface area contributed by atoms with Crippen molar-refractivity contribution < 1.29 is 28.6 Å². The second-order valence-corrected chi connectivity index (χ2v) is 7.97. The van der Waals surface area contributed by atoms with Crippen molar-refractivity contribution in [1.29, 1.82) is 0 Å². The van der Waals surface area contributed by atoms with Crippen LogP contribution in [-0.4, -0.2) is 62.1 Å². The minimum atomic E-state index is -0.316. The number of carbonyl (C=O) groups is 3. The summed E-state index contributed by atoms with van der Waals surface area (Å²) in [6, 6.07) is 4.66. The zero-order valence-corrected chi connectivity index (χ0v) is 18.4. The van der Waals surface area contributed by atoms with Crippen molar-refractivity contribution in [3.63, 3.8) is 0 Å². The maximum absolute atomic E-state index is 12.8. The normalized spacial score (nSPS) is 20.8. The van der Waals surface area contributed by atoms with Gasteiger partial charge in [0.2, 0.25) is 0 Å². The van der Waals surface area contributed by atoms with Gasteiger partial charge in [0.1, 0.15) is 0 Å². The summed E-state index contributed by atoms with van der Waals surface area (Å²) in [5.41, 5.74) is 0.411. The molecule has 2 atom stereocenters. The third kappa shape index (κ3) is 5.89. The first-order valence-corrected chi connectivity index (χ1v) is 11.1. The van der Waals surface area contributed by atoms with Crippen molar-refractivity contribution in [1.82, 2.24) is 10.2 Å². The molecule has 0 unspecified atom stereocenters. The van der Waals surface area contributed by atoms with Crippen molar-refractivity contribution in [3.05, 3.63) is 23.8 Å². The van der Waals surface area contributed by atoms with Gasteiger partial charge in [-0.05, 0) is 57.2 Å². The van der Waals surface area contributed by atoms with E-state index in [1.807, 2.05) is 11.8 Å². The summed E-state index contributed by atoms with van der Waals surface area (Å²) < 4.78 is 16.2. The average Bonchev–Trinajstić information content (AvgIpc) is 3.26. The van der Waals surface area contributed by atoms with Gasteiger partial charge in [-0.1, -0.05) is 6.42 Å². The smallest absolute Gasteiger partial charge is 0.310 e. The van der Waals surface area contributed by atoms with E-state index in [9.17, 15) is 14.4 Å². The summed E-state index contributed by atoms with van der Waals surface area (Å²) in [6.45, 7) is 3.72. The first-order valence-electron chi connectivity index (χ1n) is 11.1. The number of nitrogens with zero attached hydrogens (tertiary/aromatic N) is 1. The molecule has 0 radical (unpaired) electrons. The van der Waals surface area contributed by atoms with Crippen molar-refractivity contribution in [3.8, 4) is 11.5 Å². The standard InChI is InChI=1S/C23H32N2O6/c1-3-30-20-14-16(22(27)24-18-9-7-8-17(18)23(28)29-2)10-11-19(20)31-15-21(26)25-12-5-4-6-13-25/h10-11,14,17-18H,3-9,12-13,15H2,1-2H3,(H,24,27)/t17-,18-/m0/s1. The summed E-state index contributed by atoms with van der Waals surface area (Å²) >= 11 is 0. The highest BCUT2D eigenvalue weighted by atomic mass is 16.5. The van der Waals surface area contributed by atoms with Crippen LogP contribution >= 0.6 is 0 Å². The molecule has 1 aromatic rings. The molecule has 1 N–H and O–H groups in total. The van der Waals surface area contributed by atoms with Crippen LogP contribution in [0.1, 0.15) is 55.8 Å². The zero-order valence-electron chi connectivity index (χ0n) is 18.4. The number of hydrogen-bond acceptors (Lipinski definition) is 6. The van der Waals surface area contributed by atoms with Crippen LogP contribution in [0.4, 0.5) is 0 Å². The SMILES string of the molecule is CCOc1cc(C(=O)N[C@H]2CCC[C@@H]2C(=O)OC)ccc1OCC(=O)N1CCCCC1. The van der Waals surface area contributed by atoms with Crippen LogP contribution in [0.15, 0.2) is 18.2 Å². The number of hydrogen-bond donors (Lipinski definition) is 1. The summed E-state index contributed by atoms with van der Waals surface area (Å²) in [5, 5.41) is 2.95. The lowest BCUT2D eigenvalue weighted by Crippen LogP contribution is -2.40. The predicted octanol–water partition coefficient (Wildman–Crippen LogP) is 2.55. The van der Waals surface area contributed by atoms with Gasteiger partial charge >= 0.3 is 5.97 Å². The Morgan fingerprint density at radius 1 is 1.03 bits per heavy atom. The molecule has 2 aliphatic rings. The molecule has 0 aromatic heterocycles. The Hall–Kier alpha value is -2.77. The summed E-state index contributed by atoms with van der Waals surface area (Å²) in [5.74, 6) is -0.0880. The Morgan fingerprint density at radius 3 is 2.52 bits per heavy atom. The van der Waals surface area contributed by atoms with E-state index in [1.165, 1.54) is 7.11 Å². The van der Waals surface area contributed by atoms with Crippen LogP contribution in [0.5, 0.6) is 11.5 Å². The van der Waals surface area contributed by atoms with Crippen molar-refractivity contribution in [2.75, 3.05) is 33.4 Å². The van der Waals surface area contributed by atoms with E-state index in [0.29, 0.717) is 30.1 Å². The van der Waals surface area contributed by atoms with Gasteiger partial charge in [0.15, 0.2) is 18.1 Å². The molecule has 170 valence electrons. The molecular weight excluding hydrogens is 400 g/mol. The number of esters is 1. The molecule has 1 aliphatic heterocycles. The Morgan fingerprint density at radius 2 is 1.81 bits per heavy atom. The zero-order chi connectivity index (χ0) is 22.2. The number of piperidine rings is 1. The van der Waals surface area contributed by atoms with E-state index >= 15 is 0 Å². The molecule has 3 rings (SSSR count). The van der Waals surface area contributed by atoms with Gasteiger partial charge in [0, 0.05) is 24.7 Å². The molecule has 1 heterocycles. The van der Waals surface area contributed by atoms with E-state index in [4.69, 9.17) is 14.2 Å². The average molecular weight is 433 g/mol. The molecule has 8 heteroatoms. The van der Waals surface area contributed by atoms with Gasteiger partial charge < -0.3 is 24.4 Å². The minimum absolute atomic E-state index is 0.0425. The first kappa shape index (κ1) is 22.9. The number of ether oxygens (including phenoxy) is 3. The largest absolute Gasteiger partial charge is 0.490 e. The van der Waals surface area contributed by atoms with Gasteiger partial charge in [-0.2, -0.15) is 0 Å². The van der Waals surface area contributed by atoms with Gasteiger partial charge in [-0.25, -0.2) is 0 Å². The second-order valence-electron chi connectivity index (χ2n) is 7.97. The Kier molecular flexibility index (Phi) is 8.14. The molecule has 1 aromatic carbocycles. The van der Waals surface area contributed by atoms with E-state index in [1.54, 1.807) is 18.2 Å². The van der Waals surface area contributed by atoms with Gasteiger partial charge in [-0.3, -0.25) is 14.4 Å². The van der Waals surface area contributed by atoms with E-state index in [2.05, 4.69) is 5.32 Å². The monoisotopic (exact) mass is 432 g/mol. The molecule has 2 fully saturated rings. The lowest BCUT2D eigenvalue weighted by molar-refractivity contribution is -0.145. The van der Waals surface area contributed by atoms with Crippen molar-refractivity contribution in [2.45, 2.75) is 51.5 Å². The molecule has 1 aliphatic carbocycles. The fraction of sp³-hybridized carbons (Fsp3) is 0.609. The van der Waals surface area contributed by atoms with Crippen LogP contribution in [0, 0.1) is 5.92 Å². The molecular formula is C23H32N2O6. The summed E-state index contributed by atoms with van der Waals surface area (Å²) in [4.78, 5) is 38.9. The fourth-order valence-corrected chi connectivity index (χ4v) is 4.23. The van der Waals surface area contributed by atoms with E-state index in [0.717, 1.165) is 45.2 Å². The molecule has 1 saturated heterocycles. The minimum Gasteiger partial charge on any atom is -0.490 e. The predicted molar refractivity (Wildman–Crippen MR) is 114 cm³/mol. The lowest BCUT2D eigenvalue weighted by atomic mass is 10.0. The van der Waals surface area contributed by atoms with Crippen LogP contribution in [0.25, 0.3) is 0 Å². The first-order chi connectivity index (χ1) is 15.0. The van der Waals surface area contributed by atoms with Crippen LogP contribution < -0.4 is 14.8 Å². The number of benzene rings is 1. The van der Waals surface area contributed by atoms with Crippen LogP contribution in [-0.2, 0) is 14.3 Å².